The third-order valence-electron chi connectivity index (χ3n) is 6.48. The molecule has 9 heteroatoms. The average Bonchev–Trinajstić information content (AvgIpc) is 3.12. The maximum atomic E-state index is 12.5. The van der Waals surface area contributed by atoms with E-state index in [9.17, 15) is 18.0 Å². The number of nitrogens with two attached hydrogens (primary N) is 1. The summed E-state index contributed by atoms with van der Waals surface area (Å²) < 4.78 is 25.3. The summed E-state index contributed by atoms with van der Waals surface area (Å²) in [5.74, 6) is -0.521. The number of primary amides is 1. The molecular weight excluding hydrogens is 440 g/mol. The molecule has 1 heterocycles. The Bertz CT molecular complexity index is 1390. The summed E-state index contributed by atoms with van der Waals surface area (Å²) in [7, 11) is -3.34. The predicted molar refractivity (Wildman–Crippen MR) is 124 cm³/mol. The molecule has 1 saturated carbocycles. The van der Waals surface area contributed by atoms with E-state index in [2.05, 4.69) is 10.4 Å². The van der Waals surface area contributed by atoms with Crippen LogP contribution in [0.2, 0.25) is 0 Å². The number of benzene rings is 2. The van der Waals surface area contributed by atoms with Gasteiger partial charge in [0.2, 0.25) is 5.91 Å². The van der Waals surface area contributed by atoms with Crippen molar-refractivity contribution in [2.75, 3.05) is 11.6 Å². The van der Waals surface area contributed by atoms with Crippen molar-refractivity contribution in [3.05, 3.63) is 59.3 Å². The molecule has 2 aliphatic carbocycles. The molecule has 0 unspecified atom stereocenters. The minimum atomic E-state index is -3.34. The van der Waals surface area contributed by atoms with Crippen LogP contribution in [0.5, 0.6) is 0 Å². The van der Waals surface area contributed by atoms with Crippen LogP contribution in [-0.2, 0) is 27.5 Å². The van der Waals surface area contributed by atoms with Crippen LogP contribution in [0.1, 0.15) is 40.9 Å². The van der Waals surface area contributed by atoms with Gasteiger partial charge in [0.1, 0.15) is 0 Å². The van der Waals surface area contributed by atoms with Gasteiger partial charge < -0.3 is 11.1 Å². The number of amides is 2. The highest BCUT2D eigenvalue weighted by molar-refractivity contribution is 7.90. The molecule has 33 heavy (non-hydrogen) atoms. The van der Waals surface area contributed by atoms with Gasteiger partial charge in [-0.25, -0.2) is 13.1 Å². The van der Waals surface area contributed by atoms with Gasteiger partial charge in [-0.2, -0.15) is 5.10 Å². The maximum Gasteiger partial charge on any atom is 0.269 e. The topological polar surface area (TPSA) is 124 Å². The highest BCUT2D eigenvalue weighted by Gasteiger charge is 2.29. The van der Waals surface area contributed by atoms with Crippen molar-refractivity contribution in [2.45, 2.75) is 37.0 Å². The van der Waals surface area contributed by atoms with Gasteiger partial charge in [0.25, 0.3) is 5.91 Å². The van der Waals surface area contributed by atoms with E-state index in [1.54, 1.807) is 16.8 Å². The van der Waals surface area contributed by atoms with Crippen LogP contribution in [0.4, 0.5) is 5.69 Å². The molecule has 3 N–H and O–H groups in total. The zero-order valence-electron chi connectivity index (χ0n) is 18.2. The van der Waals surface area contributed by atoms with Crippen LogP contribution in [0.25, 0.3) is 16.9 Å². The molecule has 3 aromatic rings. The van der Waals surface area contributed by atoms with E-state index in [4.69, 9.17) is 5.73 Å². The lowest BCUT2D eigenvalue weighted by molar-refractivity contribution is -0.122. The number of hydrogen-bond donors (Lipinski definition) is 2. The van der Waals surface area contributed by atoms with Crippen molar-refractivity contribution in [2.24, 2.45) is 11.7 Å². The Morgan fingerprint density at radius 2 is 1.82 bits per heavy atom. The van der Waals surface area contributed by atoms with Crippen LogP contribution in [0, 0.1) is 5.92 Å². The highest BCUT2D eigenvalue weighted by Crippen LogP contribution is 2.39. The first kappa shape index (κ1) is 21.4. The third-order valence-corrected chi connectivity index (χ3v) is 7.61. The highest BCUT2D eigenvalue weighted by atomic mass is 32.2. The molecule has 1 aromatic heterocycles. The number of nitrogens with zero attached hydrogens (tertiary/aromatic N) is 2. The standard InChI is InChI=1S/C24H24N4O4S/c1-33(31,32)18-10-8-17(9-11-18)28-22-19(21(27-28)23(25)29)12-6-14-5-7-16(13-20(14)22)26-24(30)15-3-2-4-15/h5,7-11,13,15H,2-4,6,12H2,1H3,(H2,25,29)(H,26,30). The Balaban J connectivity index is 1.61. The monoisotopic (exact) mass is 464 g/mol. The zero-order valence-corrected chi connectivity index (χ0v) is 19.0. The lowest BCUT2D eigenvalue weighted by Crippen LogP contribution is -2.28. The molecule has 1 fully saturated rings. The number of anilines is 1. The summed E-state index contributed by atoms with van der Waals surface area (Å²) in [6, 6.07) is 12.1. The van der Waals surface area contributed by atoms with Crippen LogP contribution < -0.4 is 11.1 Å². The zero-order chi connectivity index (χ0) is 23.3. The van der Waals surface area contributed by atoms with E-state index in [0.717, 1.165) is 54.3 Å². The molecule has 2 aliphatic rings. The first-order valence-corrected chi connectivity index (χ1v) is 12.8. The quantitative estimate of drug-likeness (QED) is 0.601. The van der Waals surface area contributed by atoms with Crippen LogP contribution in [0.15, 0.2) is 47.4 Å². The van der Waals surface area contributed by atoms with E-state index in [1.165, 1.54) is 12.1 Å². The molecule has 0 atom stereocenters. The first-order chi connectivity index (χ1) is 15.7. The lowest BCUT2D eigenvalue weighted by Gasteiger charge is -2.25. The minimum Gasteiger partial charge on any atom is -0.364 e. The van der Waals surface area contributed by atoms with Crippen molar-refractivity contribution in [1.82, 2.24) is 9.78 Å². The van der Waals surface area contributed by atoms with Gasteiger partial charge in [-0.3, -0.25) is 9.59 Å². The largest absolute Gasteiger partial charge is 0.364 e. The van der Waals surface area contributed by atoms with E-state index < -0.39 is 15.7 Å². The van der Waals surface area contributed by atoms with Gasteiger partial charge >= 0.3 is 0 Å². The minimum absolute atomic E-state index is 0.0277. The van der Waals surface area contributed by atoms with E-state index in [-0.39, 0.29) is 22.4 Å². The number of hydrogen-bond acceptors (Lipinski definition) is 5. The fraction of sp³-hybridized carbons (Fsp3) is 0.292. The van der Waals surface area contributed by atoms with Crippen LogP contribution in [-0.4, -0.2) is 36.3 Å². The smallest absolute Gasteiger partial charge is 0.269 e. The predicted octanol–water partition coefficient (Wildman–Crippen LogP) is 2.88. The molecule has 170 valence electrons. The number of nitrogens with one attached hydrogen (secondary N) is 1. The molecule has 2 aromatic carbocycles. The van der Waals surface area contributed by atoms with E-state index in [1.807, 2.05) is 18.2 Å². The third kappa shape index (κ3) is 3.82. The molecule has 0 spiro atoms. The van der Waals surface area contributed by atoms with Gasteiger partial charge in [0, 0.05) is 29.0 Å². The molecule has 2 amide bonds. The Hall–Kier alpha value is -3.46. The summed E-state index contributed by atoms with van der Waals surface area (Å²) in [4.78, 5) is 24.8. The van der Waals surface area contributed by atoms with Crippen molar-refractivity contribution in [3.8, 4) is 16.9 Å². The fourth-order valence-corrected chi connectivity index (χ4v) is 5.08. The van der Waals surface area contributed by atoms with Crippen molar-refractivity contribution in [1.29, 1.82) is 0 Å². The van der Waals surface area contributed by atoms with Gasteiger partial charge in [-0.1, -0.05) is 12.5 Å². The van der Waals surface area contributed by atoms with Crippen LogP contribution >= 0.6 is 0 Å². The normalized spacial score (nSPS) is 15.3. The van der Waals surface area contributed by atoms with Crippen molar-refractivity contribution < 1.29 is 18.0 Å². The maximum absolute atomic E-state index is 12.5. The van der Waals surface area contributed by atoms with Gasteiger partial charge in [0.05, 0.1) is 16.3 Å². The number of sulfone groups is 1. The SMILES string of the molecule is CS(=O)(=O)c1ccc(-n2nc(C(N)=O)c3c2-c2cc(NC(=O)C4CCC4)ccc2CC3)cc1. The average molecular weight is 465 g/mol. The number of aryl methyl sites for hydroxylation is 1. The summed E-state index contributed by atoms with van der Waals surface area (Å²) in [6.45, 7) is 0. The summed E-state index contributed by atoms with van der Waals surface area (Å²) in [6.07, 6.45) is 5.39. The number of aromatic nitrogens is 2. The van der Waals surface area contributed by atoms with E-state index >= 15 is 0 Å². The van der Waals surface area contributed by atoms with Crippen LogP contribution in [0.3, 0.4) is 0 Å². The number of rotatable bonds is 5. The summed E-state index contributed by atoms with van der Waals surface area (Å²) >= 11 is 0. The van der Waals surface area contributed by atoms with E-state index in [0.29, 0.717) is 17.8 Å². The summed E-state index contributed by atoms with van der Waals surface area (Å²) in [5, 5.41) is 7.51. The second-order valence-electron chi connectivity index (χ2n) is 8.71. The molecule has 0 aliphatic heterocycles. The van der Waals surface area contributed by atoms with Crippen molar-refractivity contribution in [3.63, 3.8) is 0 Å². The van der Waals surface area contributed by atoms with Crippen molar-refractivity contribution >= 4 is 27.3 Å². The molecular formula is C24H24N4O4S. The lowest BCUT2D eigenvalue weighted by atomic mass is 9.84. The second kappa shape index (κ2) is 7.84. The molecule has 8 nitrogen and oxygen atoms in total. The number of carbonyl (C=O) groups is 2. The van der Waals surface area contributed by atoms with Gasteiger partial charge in [0.15, 0.2) is 15.5 Å². The second-order valence-corrected chi connectivity index (χ2v) is 10.7. The molecule has 0 radical (unpaired) electrons. The summed E-state index contributed by atoms with van der Waals surface area (Å²) in [5.41, 5.74) is 10.6. The fourth-order valence-electron chi connectivity index (χ4n) is 4.45. The Labute approximate surface area is 191 Å². The molecule has 0 saturated heterocycles. The molecule has 0 bridgehead atoms. The molecule has 5 rings (SSSR count). The Kier molecular flexibility index (Phi) is 5.08. The number of fused-ring (bicyclic) bond motifs is 3. The number of carbonyl (C=O) groups excluding carboxylic acids is 2. The first-order valence-electron chi connectivity index (χ1n) is 10.9. The van der Waals surface area contributed by atoms with Gasteiger partial charge in [-0.15, -0.1) is 0 Å². The Morgan fingerprint density at radius 1 is 1.09 bits per heavy atom. The Morgan fingerprint density at radius 3 is 2.42 bits per heavy atom. The van der Waals surface area contributed by atoms with Gasteiger partial charge in [-0.05, 0) is 67.6 Å².